The topological polar surface area (TPSA) is 96.2 Å². The normalized spacial score (nSPS) is 11.2. The zero-order chi connectivity index (χ0) is 18.9. The third-order valence-corrected chi connectivity index (χ3v) is 4.17. The van der Waals surface area contributed by atoms with Crippen LogP contribution in [-0.4, -0.2) is 34.6 Å². The Balaban J connectivity index is 1.62. The Labute approximate surface area is 159 Å². The maximum absolute atomic E-state index is 5.98. The Morgan fingerprint density at radius 3 is 2.68 bits per heavy atom. The van der Waals surface area contributed by atoms with Gasteiger partial charge in [-0.15, -0.1) is 15.3 Å². The average Bonchev–Trinajstić information content (AvgIpc) is 3.47. The van der Waals surface area contributed by atoms with Crippen LogP contribution in [0.25, 0.3) is 28.4 Å². The fourth-order valence-corrected chi connectivity index (χ4v) is 2.89. The number of furan rings is 1. The van der Waals surface area contributed by atoms with Gasteiger partial charge in [0.15, 0.2) is 23.8 Å². The fourth-order valence-electron chi connectivity index (χ4n) is 2.89. The zero-order valence-electron chi connectivity index (χ0n) is 14.9. The van der Waals surface area contributed by atoms with Gasteiger partial charge in [-0.1, -0.05) is 30.3 Å². The van der Waals surface area contributed by atoms with Crippen LogP contribution >= 0.6 is 0 Å². The monoisotopic (exact) mass is 373 g/mol. The highest BCUT2D eigenvalue weighted by molar-refractivity contribution is 5.72. The first-order valence-corrected chi connectivity index (χ1v) is 8.61. The van der Waals surface area contributed by atoms with Crippen LogP contribution in [0.5, 0.6) is 5.88 Å². The Morgan fingerprint density at radius 2 is 1.93 bits per heavy atom. The molecule has 0 N–H and O–H groups in total. The number of hydrogen-bond donors (Lipinski definition) is 0. The predicted molar refractivity (Wildman–Crippen MR) is 99.3 cm³/mol. The minimum atomic E-state index is 0.192. The molecule has 0 radical (unpaired) electrons. The van der Waals surface area contributed by atoms with E-state index >= 15 is 0 Å². The largest absolute Gasteiger partial charge is 0.468 e. The molecule has 0 aliphatic heterocycles. The summed E-state index contributed by atoms with van der Waals surface area (Å²) in [6.07, 6.45) is 3.21. The Kier molecular flexibility index (Phi) is 3.82. The van der Waals surface area contributed by atoms with E-state index in [4.69, 9.17) is 9.15 Å². The Hall–Kier alpha value is -4.01. The summed E-state index contributed by atoms with van der Waals surface area (Å²) in [6, 6.07) is 15.3. The molecule has 0 atom stereocenters. The van der Waals surface area contributed by atoms with Crippen LogP contribution in [0.15, 0.2) is 65.5 Å². The molecular formula is C19H15N7O2. The van der Waals surface area contributed by atoms with Gasteiger partial charge in [0.05, 0.1) is 6.26 Å². The van der Waals surface area contributed by atoms with Gasteiger partial charge in [-0.2, -0.15) is 9.61 Å². The molecule has 4 aromatic heterocycles. The highest BCUT2D eigenvalue weighted by Gasteiger charge is 2.17. The molecule has 0 saturated carbocycles. The van der Waals surface area contributed by atoms with Gasteiger partial charge in [-0.05, 0) is 23.8 Å². The van der Waals surface area contributed by atoms with Crippen molar-refractivity contribution in [1.29, 1.82) is 0 Å². The first-order valence-electron chi connectivity index (χ1n) is 8.61. The Bertz CT molecular complexity index is 1230. The van der Waals surface area contributed by atoms with E-state index in [2.05, 4.69) is 25.4 Å². The molecule has 0 spiro atoms. The van der Waals surface area contributed by atoms with Crippen molar-refractivity contribution in [2.75, 3.05) is 0 Å². The molecule has 9 nitrogen and oxygen atoms in total. The lowest BCUT2D eigenvalue weighted by molar-refractivity contribution is 0.281. The van der Waals surface area contributed by atoms with Crippen molar-refractivity contribution in [3.05, 3.63) is 66.9 Å². The molecule has 9 heteroatoms. The van der Waals surface area contributed by atoms with E-state index in [0.29, 0.717) is 28.9 Å². The molecule has 0 amide bonds. The molecule has 0 saturated heterocycles. The van der Waals surface area contributed by atoms with Crippen molar-refractivity contribution in [2.24, 2.45) is 7.05 Å². The molecule has 0 aliphatic rings. The van der Waals surface area contributed by atoms with E-state index in [1.165, 1.54) is 0 Å². The van der Waals surface area contributed by atoms with Crippen LogP contribution in [0.2, 0.25) is 0 Å². The van der Waals surface area contributed by atoms with Crippen LogP contribution in [-0.2, 0) is 13.7 Å². The molecule has 0 fully saturated rings. The van der Waals surface area contributed by atoms with E-state index in [1.54, 1.807) is 27.9 Å². The van der Waals surface area contributed by atoms with Crippen molar-refractivity contribution in [3.8, 4) is 28.6 Å². The second-order valence-corrected chi connectivity index (χ2v) is 6.12. The van der Waals surface area contributed by atoms with Crippen molar-refractivity contribution in [1.82, 2.24) is 34.6 Å². The van der Waals surface area contributed by atoms with Gasteiger partial charge in [-0.25, -0.2) is 4.98 Å². The van der Waals surface area contributed by atoms with Gasteiger partial charge in [0.1, 0.15) is 6.33 Å². The van der Waals surface area contributed by atoms with E-state index in [-0.39, 0.29) is 6.61 Å². The predicted octanol–water partition coefficient (Wildman–Crippen LogP) is 2.76. The van der Waals surface area contributed by atoms with Gasteiger partial charge < -0.3 is 9.15 Å². The molecule has 138 valence electrons. The van der Waals surface area contributed by atoms with Crippen LogP contribution < -0.4 is 4.74 Å². The minimum Gasteiger partial charge on any atom is -0.468 e. The van der Waals surface area contributed by atoms with Crippen LogP contribution in [0.4, 0.5) is 0 Å². The smallest absolute Gasteiger partial charge is 0.240 e. The molecule has 4 heterocycles. The van der Waals surface area contributed by atoms with E-state index < -0.39 is 0 Å². The molecule has 0 aliphatic carbocycles. The molecule has 0 unspecified atom stereocenters. The highest BCUT2D eigenvalue weighted by atomic mass is 16.5. The highest BCUT2D eigenvalue weighted by Crippen LogP contribution is 2.30. The standard InChI is InChI=1S/C19H15N7O2/c1-25-12-20-16(23-25)11-28-19-14(13-6-3-2-4-7-13)10-17-21-22-18(26(17)24-19)15-8-5-9-27-15/h2-10,12H,11H2,1H3. The number of aryl methyl sites for hydroxylation is 1. The number of fused-ring (bicyclic) bond motifs is 1. The fraction of sp³-hybridized carbons (Fsp3) is 0.105. The summed E-state index contributed by atoms with van der Waals surface area (Å²) in [5, 5.41) is 17.3. The Morgan fingerprint density at radius 1 is 1.04 bits per heavy atom. The third kappa shape index (κ3) is 2.88. The second kappa shape index (κ2) is 6.62. The molecule has 0 bridgehead atoms. The van der Waals surface area contributed by atoms with Gasteiger partial charge in [0.25, 0.3) is 0 Å². The summed E-state index contributed by atoms with van der Waals surface area (Å²) in [7, 11) is 1.81. The zero-order valence-corrected chi connectivity index (χ0v) is 14.9. The van der Waals surface area contributed by atoms with Crippen LogP contribution in [0, 0.1) is 0 Å². The SMILES string of the molecule is Cn1cnc(COc2nn3c(-c4ccco4)nnc3cc2-c2ccccc2)n1. The summed E-state index contributed by atoms with van der Waals surface area (Å²) in [5.74, 6) is 2.07. The van der Waals surface area contributed by atoms with Crippen molar-refractivity contribution < 1.29 is 9.15 Å². The van der Waals surface area contributed by atoms with Crippen LogP contribution in [0.1, 0.15) is 5.82 Å². The van der Waals surface area contributed by atoms with Gasteiger partial charge in [0.2, 0.25) is 11.7 Å². The first kappa shape index (κ1) is 16.2. The van der Waals surface area contributed by atoms with Crippen molar-refractivity contribution in [3.63, 3.8) is 0 Å². The van der Waals surface area contributed by atoms with Gasteiger partial charge in [0, 0.05) is 12.6 Å². The minimum absolute atomic E-state index is 0.192. The number of aromatic nitrogens is 7. The molecule has 5 rings (SSSR count). The van der Waals surface area contributed by atoms with Gasteiger partial charge in [-0.3, -0.25) is 4.68 Å². The number of ether oxygens (including phenoxy) is 1. The number of rotatable bonds is 5. The summed E-state index contributed by atoms with van der Waals surface area (Å²) in [6.45, 7) is 0.192. The summed E-state index contributed by atoms with van der Waals surface area (Å²) >= 11 is 0. The lowest BCUT2D eigenvalue weighted by Gasteiger charge is -2.10. The van der Waals surface area contributed by atoms with Crippen molar-refractivity contribution >= 4 is 5.65 Å². The maximum Gasteiger partial charge on any atom is 0.240 e. The quantitative estimate of drug-likeness (QED) is 0.467. The molecule has 5 aromatic rings. The number of hydrogen-bond acceptors (Lipinski definition) is 7. The van der Waals surface area contributed by atoms with Gasteiger partial charge >= 0.3 is 0 Å². The van der Waals surface area contributed by atoms with Crippen LogP contribution in [0.3, 0.4) is 0 Å². The number of benzene rings is 1. The second-order valence-electron chi connectivity index (χ2n) is 6.12. The molecular weight excluding hydrogens is 358 g/mol. The average molecular weight is 373 g/mol. The molecule has 28 heavy (non-hydrogen) atoms. The van der Waals surface area contributed by atoms with E-state index in [0.717, 1.165) is 11.1 Å². The lowest BCUT2D eigenvalue weighted by atomic mass is 10.1. The molecule has 1 aromatic carbocycles. The van der Waals surface area contributed by atoms with Crippen molar-refractivity contribution in [2.45, 2.75) is 6.61 Å². The first-order chi connectivity index (χ1) is 13.8. The number of nitrogens with zero attached hydrogens (tertiary/aromatic N) is 7. The maximum atomic E-state index is 5.98. The summed E-state index contributed by atoms with van der Waals surface area (Å²) in [5.41, 5.74) is 2.36. The summed E-state index contributed by atoms with van der Waals surface area (Å²) in [4.78, 5) is 4.20. The van der Waals surface area contributed by atoms with E-state index in [9.17, 15) is 0 Å². The van der Waals surface area contributed by atoms with E-state index in [1.807, 2.05) is 49.5 Å². The third-order valence-electron chi connectivity index (χ3n) is 4.17. The lowest BCUT2D eigenvalue weighted by Crippen LogP contribution is -2.05. The summed E-state index contributed by atoms with van der Waals surface area (Å²) < 4.78 is 14.7.